The van der Waals surface area contributed by atoms with E-state index in [4.69, 9.17) is 11.6 Å². The molecule has 3 rings (SSSR count). The fourth-order valence-corrected chi connectivity index (χ4v) is 2.71. The van der Waals surface area contributed by atoms with Crippen LogP contribution in [0, 0.1) is 6.92 Å². The quantitative estimate of drug-likeness (QED) is 0.703. The predicted molar refractivity (Wildman–Crippen MR) is 107 cm³/mol. The van der Waals surface area contributed by atoms with Crippen LogP contribution in [0.2, 0.25) is 5.02 Å². The first-order valence-corrected chi connectivity index (χ1v) is 8.98. The van der Waals surface area contributed by atoms with Crippen LogP contribution in [-0.2, 0) is 0 Å². The van der Waals surface area contributed by atoms with Gasteiger partial charge in [0.1, 0.15) is 5.69 Å². The van der Waals surface area contributed by atoms with Crippen LogP contribution in [0.5, 0.6) is 0 Å². The Morgan fingerprint density at radius 3 is 2.52 bits per heavy atom. The number of nitrogens with one attached hydrogen (secondary N) is 1. The van der Waals surface area contributed by atoms with Crippen molar-refractivity contribution in [1.29, 1.82) is 0 Å². The molecule has 27 heavy (non-hydrogen) atoms. The molecule has 0 bridgehead atoms. The Labute approximate surface area is 163 Å². The second kappa shape index (κ2) is 8.29. The van der Waals surface area contributed by atoms with Crippen molar-refractivity contribution in [3.63, 3.8) is 0 Å². The van der Waals surface area contributed by atoms with E-state index in [9.17, 15) is 9.90 Å². The molecular weight excluding hydrogens is 362 g/mol. The molecule has 1 heterocycles. The molecule has 0 aliphatic rings. The molecule has 0 saturated heterocycles. The number of hydrogen-bond donors (Lipinski definition) is 2. The number of hydrogen-bond acceptors (Lipinski definition) is 4. The number of halogens is 1. The average molecular weight is 382 g/mol. The molecule has 1 unspecified atom stereocenters. The molecule has 0 spiro atoms. The summed E-state index contributed by atoms with van der Waals surface area (Å²) in [7, 11) is 0. The highest BCUT2D eigenvalue weighted by Crippen LogP contribution is 2.24. The zero-order chi connectivity index (χ0) is 19.4. The molecule has 1 aromatic heterocycles. The van der Waals surface area contributed by atoms with Gasteiger partial charge in [0.25, 0.3) is 5.91 Å². The largest absolute Gasteiger partial charge is 0.394 e. The molecule has 5 nitrogen and oxygen atoms in total. The summed E-state index contributed by atoms with van der Waals surface area (Å²) >= 11 is 5.98. The van der Waals surface area contributed by atoms with Crippen LogP contribution in [0.1, 0.15) is 23.0 Å². The van der Waals surface area contributed by atoms with Crippen molar-refractivity contribution in [3.8, 4) is 22.6 Å². The Balaban J connectivity index is 2.10. The van der Waals surface area contributed by atoms with E-state index >= 15 is 0 Å². The number of carbonyl (C=O) groups excluding carboxylic acids is 1. The van der Waals surface area contributed by atoms with Gasteiger partial charge in [0.05, 0.1) is 12.3 Å². The van der Waals surface area contributed by atoms with Crippen LogP contribution in [0.3, 0.4) is 0 Å². The molecule has 1 atom stereocenters. The van der Waals surface area contributed by atoms with Crippen LogP contribution < -0.4 is 5.32 Å². The summed E-state index contributed by atoms with van der Waals surface area (Å²) in [5, 5.41) is 12.5. The molecule has 2 N–H and O–H groups in total. The lowest BCUT2D eigenvalue weighted by Gasteiger charge is -2.12. The van der Waals surface area contributed by atoms with Crippen LogP contribution in [0.15, 0.2) is 54.6 Å². The van der Waals surface area contributed by atoms with Gasteiger partial charge in [-0.3, -0.25) is 4.79 Å². The summed E-state index contributed by atoms with van der Waals surface area (Å²) in [5.74, 6) is 0.107. The highest BCUT2D eigenvalue weighted by molar-refractivity contribution is 6.30. The molecule has 0 aliphatic heterocycles. The molecule has 1 amide bonds. The maximum absolute atomic E-state index is 12.6. The Morgan fingerprint density at radius 2 is 1.85 bits per heavy atom. The first-order chi connectivity index (χ1) is 13.0. The molecule has 0 radical (unpaired) electrons. The Bertz CT molecular complexity index is 958. The minimum absolute atomic E-state index is 0.147. The van der Waals surface area contributed by atoms with Crippen molar-refractivity contribution in [2.24, 2.45) is 0 Å². The van der Waals surface area contributed by atoms with E-state index in [2.05, 4.69) is 15.3 Å². The summed E-state index contributed by atoms with van der Waals surface area (Å²) in [6, 6.07) is 16.3. The number of carbonyl (C=O) groups is 1. The summed E-state index contributed by atoms with van der Waals surface area (Å²) in [4.78, 5) is 21.7. The highest BCUT2D eigenvalue weighted by Gasteiger charge is 2.16. The van der Waals surface area contributed by atoms with Crippen LogP contribution in [-0.4, -0.2) is 33.6 Å². The fourth-order valence-electron chi connectivity index (χ4n) is 2.59. The Morgan fingerprint density at radius 1 is 1.11 bits per heavy atom. The lowest BCUT2D eigenvalue weighted by Crippen LogP contribution is -2.35. The SMILES string of the molecule is Cc1cccc(-c2nc(C(=O)NC(C)CO)cc(-c3ccc(Cl)cc3)n2)c1. The fraction of sp³-hybridized carbons (Fsp3) is 0.190. The van der Waals surface area contributed by atoms with Gasteiger partial charge in [0, 0.05) is 22.2 Å². The highest BCUT2D eigenvalue weighted by atomic mass is 35.5. The van der Waals surface area contributed by atoms with Gasteiger partial charge >= 0.3 is 0 Å². The van der Waals surface area contributed by atoms with Crippen molar-refractivity contribution in [3.05, 3.63) is 70.9 Å². The van der Waals surface area contributed by atoms with E-state index in [1.54, 1.807) is 25.1 Å². The summed E-state index contributed by atoms with van der Waals surface area (Å²) < 4.78 is 0. The smallest absolute Gasteiger partial charge is 0.270 e. The van der Waals surface area contributed by atoms with Crippen molar-refractivity contribution >= 4 is 17.5 Å². The maximum atomic E-state index is 12.6. The first-order valence-electron chi connectivity index (χ1n) is 8.60. The standard InChI is InChI=1S/C21H20ClN3O2/c1-13-4-3-5-16(10-13)20-24-18(15-6-8-17(22)9-7-15)11-19(25-20)21(27)23-14(2)12-26/h3-11,14,26H,12H2,1-2H3,(H,23,27). The number of rotatable bonds is 5. The van der Waals surface area contributed by atoms with Crippen molar-refractivity contribution in [2.75, 3.05) is 6.61 Å². The number of benzene rings is 2. The molecule has 138 valence electrons. The van der Waals surface area contributed by atoms with E-state index in [1.165, 1.54) is 0 Å². The minimum Gasteiger partial charge on any atom is -0.394 e. The third-order valence-corrected chi connectivity index (χ3v) is 4.28. The van der Waals surface area contributed by atoms with Crippen LogP contribution in [0.4, 0.5) is 0 Å². The van der Waals surface area contributed by atoms with Crippen molar-refractivity contribution < 1.29 is 9.90 Å². The number of aromatic nitrogens is 2. The normalized spacial score (nSPS) is 11.9. The second-order valence-electron chi connectivity index (χ2n) is 6.40. The molecular formula is C21H20ClN3O2. The number of aliphatic hydroxyl groups is 1. The molecule has 0 aliphatic carbocycles. The van der Waals surface area contributed by atoms with Gasteiger partial charge in [0.2, 0.25) is 0 Å². The zero-order valence-corrected chi connectivity index (χ0v) is 15.9. The van der Waals surface area contributed by atoms with Gasteiger partial charge in [-0.15, -0.1) is 0 Å². The lowest BCUT2D eigenvalue weighted by atomic mass is 10.1. The molecule has 3 aromatic rings. The van der Waals surface area contributed by atoms with E-state index in [-0.39, 0.29) is 24.2 Å². The number of aryl methyl sites for hydroxylation is 1. The van der Waals surface area contributed by atoms with E-state index in [0.29, 0.717) is 16.5 Å². The Hall–Kier alpha value is -2.76. The lowest BCUT2D eigenvalue weighted by molar-refractivity contribution is 0.0917. The van der Waals surface area contributed by atoms with Crippen molar-refractivity contribution in [2.45, 2.75) is 19.9 Å². The van der Waals surface area contributed by atoms with E-state index in [1.807, 2.05) is 43.3 Å². The topological polar surface area (TPSA) is 75.1 Å². The Kier molecular flexibility index (Phi) is 5.84. The van der Waals surface area contributed by atoms with E-state index in [0.717, 1.165) is 16.7 Å². The minimum atomic E-state index is -0.367. The predicted octanol–water partition coefficient (Wildman–Crippen LogP) is 3.88. The third-order valence-electron chi connectivity index (χ3n) is 4.03. The number of aliphatic hydroxyl groups excluding tert-OH is 1. The molecule has 2 aromatic carbocycles. The third kappa shape index (κ3) is 4.70. The maximum Gasteiger partial charge on any atom is 0.270 e. The monoisotopic (exact) mass is 381 g/mol. The first kappa shape index (κ1) is 19.0. The van der Waals surface area contributed by atoms with Gasteiger partial charge in [0.15, 0.2) is 5.82 Å². The van der Waals surface area contributed by atoms with Gasteiger partial charge in [-0.05, 0) is 38.1 Å². The van der Waals surface area contributed by atoms with Gasteiger partial charge in [-0.1, -0.05) is 47.5 Å². The van der Waals surface area contributed by atoms with Crippen LogP contribution in [0.25, 0.3) is 22.6 Å². The second-order valence-corrected chi connectivity index (χ2v) is 6.83. The average Bonchev–Trinajstić information content (AvgIpc) is 2.68. The van der Waals surface area contributed by atoms with E-state index < -0.39 is 0 Å². The van der Waals surface area contributed by atoms with Gasteiger partial charge < -0.3 is 10.4 Å². The van der Waals surface area contributed by atoms with Gasteiger partial charge in [-0.2, -0.15) is 0 Å². The summed E-state index contributed by atoms with van der Waals surface area (Å²) in [6.45, 7) is 3.56. The molecule has 0 fully saturated rings. The van der Waals surface area contributed by atoms with Crippen LogP contribution >= 0.6 is 11.6 Å². The van der Waals surface area contributed by atoms with Gasteiger partial charge in [-0.25, -0.2) is 9.97 Å². The summed E-state index contributed by atoms with van der Waals surface area (Å²) in [6.07, 6.45) is 0. The zero-order valence-electron chi connectivity index (χ0n) is 15.1. The van der Waals surface area contributed by atoms with Crippen molar-refractivity contribution in [1.82, 2.24) is 15.3 Å². The number of nitrogens with zero attached hydrogens (tertiary/aromatic N) is 2. The number of amides is 1. The summed E-state index contributed by atoms with van der Waals surface area (Å²) in [5.41, 5.74) is 3.61. The molecule has 6 heteroatoms. The molecule has 0 saturated carbocycles.